The average molecular weight is 414 g/mol. The lowest BCUT2D eigenvalue weighted by Crippen LogP contribution is -2.45. The highest BCUT2D eigenvalue weighted by molar-refractivity contribution is 7.89. The number of nitrogens with one attached hydrogen (secondary N) is 2. The van der Waals surface area contributed by atoms with Crippen molar-refractivity contribution < 1.29 is 13.2 Å². The Balaban J connectivity index is 0.00000261. The fraction of sp³-hybridized carbons (Fsp3) is 0.526. The number of halogens is 1. The lowest BCUT2D eigenvalue weighted by atomic mass is 10.0. The number of sulfonamides is 1. The number of carbonyl (C=O) groups excluding carboxylic acids is 1. The first-order valence-corrected chi connectivity index (χ1v) is 10.7. The standard InChI is InChI=1S/C19H27N3O3S.ClH/c1-2-10-21-26(24,25)18-5-3-4-16(13-18)19(23)22-11-8-17(9-12-22)20-14-15-6-7-15;/h2-5,13,15,17,20-21H,1,6-12,14H2;1H. The molecule has 1 saturated heterocycles. The van der Waals surface area contributed by atoms with Crippen LogP contribution in [0, 0.1) is 5.92 Å². The minimum atomic E-state index is -3.63. The number of hydrogen-bond donors (Lipinski definition) is 2. The van der Waals surface area contributed by atoms with E-state index >= 15 is 0 Å². The lowest BCUT2D eigenvalue weighted by molar-refractivity contribution is 0.0704. The number of carbonyl (C=O) groups is 1. The largest absolute Gasteiger partial charge is 0.339 e. The molecule has 0 radical (unpaired) electrons. The zero-order valence-electron chi connectivity index (χ0n) is 15.4. The van der Waals surface area contributed by atoms with Crippen molar-refractivity contribution in [2.45, 2.75) is 36.6 Å². The van der Waals surface area contributed by atoms with E-state index in [1.807, 2.05) is 4.90 Å². The van der Waals surface area contributed by atoms with E-state index in [4.69, 9.17) is 0 Å². The third kappa shape index (κ3) is 6.04. The quantitative estimate of drug-likeness (QED) is 0.640. The maximum atomic E-state index is 12.7. The molecular weight excluding hydrogens is 386 g/mol. The van der Waals surface area contributed by atoms with Crippen LogP contribution in [-0.2, 0) is 10.0 Å². The van der Waals surface area contributed by atoms with Gasteiger partial charge in [0.2, 0.25) is 10.0 Å². The maximum absolute atomic E-state index is 12.7. The number of likely N-dealkylation sites (tertiary alicyclic amines) is 1. The Hall–Kier alpha value is -1.41. The fourth-order valence-electron chi connectivity index (χ4n) is 3.17. The van der Waals surface area contributed by atoms with Crippen molar-refractivity contribution in [2.24, 2.45) is 5.92 Å². The van der Waals surface area contributed by atoms with Crippen LogP contribution >= 0.6 is 12.4 Å². The number of hydrogen-bond acceptors (Lipinski definition) is 4. The molecule has 1 aromatic carbocycles. The van der Waals surface area contributed by atoms with Gasteiger partial charge in [0.1, 0.15) is 0 Å². The molecule has 2 aliphatic rings. The molecule has 27 heavy (non-hydrogen) atoms. The van der Waals surface area contributed by atoms with Gasteiger partial charge in [-0.2, -0.15) is 0 Å². The zero-order chi connectivity index (χ0) is 18.6. The first kappa shape index (κ1) is 21.9. The number of nitrogens with zero attached hydrogens (tertiary/aromatic N) is 1. The second kappa shape index (κ2) is 9.68. The third-order valence-corrected chi connectivity index (χ3v) is 6.40. The normalized spacial score (nSPS) is 18.0. The third-order valence-electron chi connectivity index (χ3n) is 4.98. The van der Waals surface area contributed by atoms with Gasteiger partial charge in [0.25, 0.3) is 5.91 Å². The number of amides is 1. The summed E-state index contributed by atoms with van der Waals surface area (Å²) in [5.41, 5.74) is 0.413. The summed E-state index contributed by atoms with van der Waals surface area (Å²) in [5, 5.41) is 3.60. The van der Waals surface area contributed by atoms with Gasteiger partial charge in [0.05, 0.1) is 4.90 Å². The van der Waals surface area contributed by atoms with E-state index in [0.717, 1.165) is 25.3 Å². The molecule has 0 unspecified atom stereocenters. The zero-order valence-corrected chi connectivity index (χ0v) is 17.0. The molecule has 0 spiro atoms. The van der Waals surface area contributed by atoms with Gasteiger partial charge in [0, 0.05) is 31.2 Å². The van der Waals surface area contributed by atoms with E-state index in [1.165, 1.54) is 31.1 Å². The van der Waals surface area contributed by atoms with Crippen molar-refractivity contribution in [3.8, 4) is 0 Å². The fourth-order valence-corrected chi connectivity index (χ4v) is 4.22. The molecule has 3 rings (SSSR count). The first-order chi connectivity index (χ1) is 12.5. The summed E-state index contributed by atoms with van der Waals surface area (Å²) in [5.74, 6) is 0.750. The molecule has 2 N–H and O–H groups in total. The van der Waals surface area contributed by atoms with Gasteiger partial charge >= 0.3 is 0 Å². The second-order valence-electron chi connectivity index (χ2n) is 7.09. The van der Waals surface area contributed by atoms with E-state index in [2.05, 4.69) is 16.6 Å². The summed E-state index contributed by atoms with van der Waals surface area (Å²) in [6, 6.07) is 6.71. The SMILES string of the molecule is C=CCNS(=O)(=O)c1cccc(C(=O)N2CCC(NCC3CC3)CC2)c1.Cl. The highest BCUT2D eigenvalue weighted by Crippen LogP contribution is 2.28. The van der Waals surface area contributed by atoms with Crippen molar-refractivity contribution in [1.82, 2.24) is 14.9 Å². The van der Waals surface area contributed by atoms with E-state index in [1.54, 1.807) is 12.1 Å². The van der Waals surface area contributed by atoms with Crippen LogP contribution in [0.4, 0.5) is 0 Å². The predicted octanol–water partition coefficient (Wildman–Crippen LogP) is 2.18. The Labute approximate surface area is 167 Å². The Kier molecular flexibility index (Phi) is 7.85. The van der Waals surface area contributed by atoms with Crippen LogP contribution < -0.4 is 10.0 Å². The molecule has 8 heteroatoms. The van der Waals surface area contributed by atoms with Crippen molar-refractivity contribution in [1.29, 1.82) is 0 Å². The second-order valence-corrected chi connectivity index (χ2v) is 8.85. The molecule has 1 aromatic rings. The molecule has 2 fully saturated rings. The number of benzene rings is 1. The molecule has 0 atom stereocenters. The molecule has 1 aliphatic carbocycles. The molecule has 6 nitrogen and oxygen atoms in total. The van der Waals surface area contributed by atoms with Gasteiger partial charge in [-0.05, 0) is 56.3 Å². The molecule has 0 aromatic heterocycles. The van der Waals surface area contributed by atoms with Crippen LogP contribution in [0.1, 0.15) is 36.0 Å². The van der Waals surface area contributed by atoms with E-state index in [9.17, 15) is 13.2 Å². The molecule has 1 aliphatic heterocycles. The van der Waals surface area contributed by atoms with Crippen LogP contribution in [0.5, 0.6) is 0 Å². The van der Waals surface area contributed by atoms with Crippen LogP contribution in [0.15, 0.2) is 41.8 Å². The Morgan fingerprint density at radius 3 is 2.56 bits per heavy atom. The van der Waals surface area contributed by atoms with E-state index < -0.39 is 10.0 Å². The topological polar surface area (TPSA) is 78.5 Å². The molecular formula is C19H28ClN3O3S. The van der Waals surface area contributed by atoms with Gasteiger partial charge in [0.15, 0.2) is 0 Å². The predicted molar refractivity (Wildman–Crippen MR) is 109 cm³/mol. The minimum Gasteiger partial charge on any atom is -0.339 e. The molecule has 1 saturated carbocycles. The van der Waals surface area contributed by atoms with Gasteiger partial charge in [-0.1, -0.05) is 12.1 Å². The Morgan fingerprint density at radius 2 is 1.93 bits per heavy atom. The van der Waals surface area contributed by atoms with Crippen molar-refractivity contribution >= 4 is 28.3 Å². The summed E-state index contributed by atoms with van der Waals surface area (Å²) in [6.45, 7) is 6.15. The van der Waals surface area contributed by atoms with Gasteiger partial charge in [-0.15, -0.1) is 19.0 Å². The summed E-state index contributed by atoms with van der Waals surface area (Å²) >= 11 is 0. The van der Waals surface area contributed by atoms with Crippen LogP contribution in [0.2, 0.25) is 0 Å². The van der Waals surface area contributed by atoms with Gasteiger partial charge in [-0.3, -0.25) is 4.79 Å². The maximum Gasteiger partial charge on any atom is 0.253 e. The molecule has 1 amide bonds. The van der Waals surface area contributed by atoms with Crippen molar-refractivity contribution in [2.75, 3.05) is 26.2 Å². The number of rotatable bonds is 8. The summed E-state index contributed by atoms with van der Waals surface area (Å²) in [6.07, 6.45) is 6.04. The van der Waals surface area contributed by atoms with E-state index in [-0.39, 0.29) is 29.8 Å². The molecule has 0 bridgehead atoms. The Bertz CT molecular complexity index is 757. The smallest absolute Gasteiger partial charge is 0.253 e. The lowest BCUT2D eigenvalue weighted by Gasteiger charge is -2.32. The highest BCUT2D eigenvalue weighted by Gasteiger charge is 2.26. The summed E-state index contributed by atoms with van der Waals surface area (Å²) in [7, 11) is -3.63. The summed E-state index contributed by atoms with van der Waals surface area (Å²) < 4.78 is 26.9. The van der Waals surface area contributed by atoms with Crippen LogP contribution in [-0.4, -0.2) is 51.4 Å². The minimum absolute atomic E-state index is 0. The van der Waals surface area contributed by atoms with E-state index in [0.29, 0.717) is 24.7 Å². The highest BCUT2D eigenvalue weighted by atomic mass is 35.5. The number of piperidine rings is 1. The first-order valence-electron chi connectivity index (χ1n) is 9.23. The van der Waals surface area contributed by atoms with Crippen molar-refractivity contribution in [3.05, 3.63) is 42.5 Å². The molecule has 1 heterocycles. The van der Waals surface area contributed by atoms with Crippen molar-refractivity contribution in [3.63, 3.8) is 0 Å². The van der Waals surface area contributed by atoms with Gasteiger partial charge < -0.3 is 10.2 Å². The van der Waals surface area contributed by atoms with Crippen LogP contribution in [0.25, 0.3) is 0 Å². The average Bonchev–Trinajstić information content (AvgIpc) is 3.49. The van der Waals surface area contributed by atoms with Gasteiger partial charge in [-0.25, -0.2) is 13.1 Å². The van der Waals surface area contributed by atoms with Crippen LogP contribution in [0.3, 0.4) is 0 Å². The summed E-state index contributed by atoms with van der Waals surface area (Å²) in [4.78, 5) is 14.7. The Morgan fingerprint density at radius 1 is 1.22 bits per heavy atom. The monoisotopic (exact) mass is 413 g/mol. The molecule has 150 valence electrons.